The zero-order chi connectivity index (χ0) is 8.93. The number of hydrogen-bond donors (Lipinski definition) is 1. The standard InChI is InChI=1S/C8H9F3O/c9-8(10,11)6-3-4-1-2-5(6)7(4)12/h1-2,4-7,12H,3H2. The van der Waals surface area contributed by atoms with Crippen molar-refractivity contribution in [3.63, 3.8) is 0 Å². The van der Waals surface area contributed by atoms with Gasteiger partial charge in [-0.3, -0.25) is 0 Å². The van der Waals surface area contributed by atoms with Crippen molar-refractivity contribution in [2.24, 2.45) is 17.8 Å². The van der Waals surface area contributed by atoms with Crippen molar-refractivity contribution in [2.45, 2.75) is 18.7 Å². The molecule has 0 spiro atoms. The van der Waals surface area contributed by atoms with Gasteiger partial charge in [-0.15, -0.1) is 0 Å². The van der Waals surface area contributed by atoms with E-state index in [1.807, 2.05) is 0 Å². The zero-order valence-corrected chi connectivity index (χ0v) is 6.25. The van der Waals surface area contributed by atoms with E-state index in [1.54, 1.807) is 6.08 Å². The van der Waals surface area contributed by atoms with Crippen molar-refractivity contribution in [3.8, 4) is 0 Å². The van der Waals surface area contributed by atoms with E-state index in [9.17, 15) is 18.3 Å². The first-order chi connectivity index (χ1) is 5.50. The van der Waals surface area contributed by atoms with Crippen molar-refractivity contribution in [2.75, 3.05) is 0 Å². The molecule has 1 nitrogen and oxygen atoms in total. The Morgan fingerprint density at radius 2 is 1.92 bits per heavy atom. The lowest BCUT2D eigenvalue weighted by atomic mass is 9.93. The second kappa shape index (κ2) is 2.25. The number of aliphatic hydroxyl groups excluding tert-OH is 1. The van der Waals surface area contributed by atoms with Crippen LogP contribution >= 0.6 is 0 Å². The van der Waals surface area contributed by atoms with Gasteiger partial charge >= 0.3 is 6.18 Å². The molecule has 2 bridgehead atoms. The Morgan fingerprint density at radius 1 is 1.25 bits per heavy atom. The Balaban J connectivity index is 2.20. The number of hydrogen-bond acceptors (Lipinski definition) is 1. The van der Waals surface area contributed by atoms with Crippen molar-refractivity contribution < 1.29 is 18.3 Å². The van der Waals surface area contributed by atoms with Gasteiger partial charge < -0.3 is 5.11 Å². The van der Waals surface area contributed by atoms with Crippen molar-refractivity contribution in [1.82, 2.24) is 0 Å². The molecule has 1 saturated carbocycles. The maximum absolute atomic E-state index is 12.2. The maximum Gasteiger partial charge on any atom is 0.392 e. The summed E-state index contributed by atoms with van der Waals surface area (Å²) in [5.41, 5.74) is 0. The van der Waals surface area contributed by atoms with Crippen LogP contribution in [0, 0.1) is 17.8 Å². The first kappa shape index (κ1) is 8.10. The minimum atomic E-state index is -4.15. The summed E-state index contributed by atoms with van der Waals surface area (Å²) in [7, 11) is 0. The molecule has 1 fully saturated rings. The van der Waals surface area contributed by atoms with Crippen LogP contribution in [-0.4, -0.2) is 17.4 Å². The zero-order valence-electron chi connectivity index (χ0n) is 6.25. The molecule has 2 rings (SSSR count). The summed E-state index contributed by atoms with van der Waals surface area (Å²) in [5.74, 6) is -2.26. The quantitative estimate of drug-likeness (QED) is 0.560. The van der Waals surface area contributed by atoms with E-state index in [4.69, 9.17) is 0 Å². The molecular weight excluding hydrogens is 169 g/mol. The Kier molecular flexibility index (Phi) is 1.52. The number of rotatable bonds is 0. The molecule has 0 aromatic rings. The van der Waals surface area contributed by atoms with Gasteiger partial charge in [0.15, 0.2) is 0 Å². The topological polar surface area (TPSA) is 20.2 Å². The van der Waals surface area contributed by atoms with E-state index >= 15 is 0 Å². The van der Waals surface area contributed by atoms with Crippen LogP contribution < -0.4 is 0 Å². The number of aliphatic hydroxyl groups is 1. The predicted octanol–water partition coefficient (Wildman–Crippen LogP) is 1.73. The van der Waals surface area contributed by atoms with Gasteiger partial charge in [0.25, 0.3) is 0 Å². The average Bonchev–Trinajstić information content (AvgIpc) is 2.45. The average molecular weight is 178 g/mol. The lowest BCUT2D eigenvalue weighted by Gasteiger charge is -2.20. The Hall–Kier alpha value is -0.510. The molecule has 4 unspecified atom stereocenters. The summed E-state index contributed by atoms with van der Waals surface area (Å²) < 4.78 is 36.7. The number of halogens is 3. The second-order valence-corrected chi connectivity index (χ2v) is 3.50. The van der Waals surface area contributed by atoms with E-state index in [1.165, 1.54) is 6.08 Å². The highest BCUT2D eigenvalue weighted by molar-refractivity contribution is 5.16. The van der Waals surface area contributed by atoms with Crippen LogP contribution in [0.3, 0.4) is 0 Å². The Labute approximate surface area is 67.9 Å². The van der Waals surface area contributed by atoms with Gasteiger partial charge in [-0.05, 0) is 6.42 Å². The molecular formula is C8H9F3O. The second-order valence-electron chi connectivity index (χ2n) is 3.50. The SMILES string of the molecule is OC1C2C=CC1C(C(F)(F)F)C2. The molecule has 0 aromatic heterocycles. The molecule has 1 N–H and O–H groups in total. The smallest absolute Gasteiger partial charge is 0.392 e. The van der Waals surface area contributed by atoms with Gasteiger partial charge in [0.05, 0.1) is 12.0 Å². The minimum absolute atomic E-state index is 0.0613. The molecule has 2 aliphatic carbocycles. The largest absolute Gasteiger partial charge is 0.392 e. The summed E-state index contributed by atoms with van der Waals surface area (Å²) in [5, 5.41) is 9.30. The number of fused-ring (bicyclic) bond motifs is 2. The molecule has 4 heteroatoms. The van der Waals surface area contributed by atoms with Crippen molar-refractivity contribution >= 4 is 0 Å². The summed E-state index contributed by atoms with van der Waals surface area (Å²) in [6.07, 6.45) is -1.69. The fourth-order valence-corrected chi connectivity index (χ4v) is 2.18. The highest BCUT2D eigenvalue weighted by atomic mass is 19.4. The van der Waals surface area contributed by atoms with E-state index in [2.05, 4.69) is 0 Å². The van der Waals surface area contributed by atoms with E-state index in [0.29, 0.717) is 0 Å². The Morgan fingerprint density at radius 3 is 2.17 bits per heavy atom. The number of alkyl halides is 3. The van der Waals surface area contributed by atoms with Gasteiger partial charge in [0.2, 0.25) is 0 Å². The summed E-state index contributed by atoms with van der Waals surface area (Å²) in [6, 6.07) is 0. The molecule has 0 aliphatic heterocycles. The van der Waals surface area contributed by atoms with E-state index in [0.717, 1.165) is 0 Å². The monoisotopic (exact) mass is 178 g/mol. The van der Waals surface area contributed by atoms with Crippen LogP contribution in [0.1, 0.15) is 6.42 Å². The third kappa shape index (κ3) is 0.975. The molecule has 0 amide bonds. The van der Waals surface area contributed by atoms with Gasteiger partial charge in [-0.2, -0.15) is 13.2 Å². The maximum atomic E-state index is 12.2. The van der Waals surface area contributed by atoms with Crippen LogP contribution in [0.4, 0.5) is 13.2 Å². The van der Waals surface area contributed by atoms with Gasteiger partial charge in [0.1, 0.15) is 0 Å². The molecule has 68 valence electrons. The lowest BCUT2D eigenvalue weighted by molar-refractivity contribution is -0.183. The van der Waals surface area contributed by atoms with Crippen LogP contribution in [0.25, 0.3) is 0 Å². The predicted molar refractivity (Wildman–Crippen MR) is 36.3 cm³/mol. The van der Waals surface area contributed by atoms with Crippen LogP contribution in [0.2, 0.25) is 0 Å². The van der Waals surface area contributed by atoms with E-state index in [-0.39, 0.29) is 12.3 Å². The first-order valence-electron chi connectivity index (χ1n) is 3.93. The van der Waals surface area contributed by atoms with Crippen LogP contribution in [-0.2, 0) is 0 Å². The summed E-state index contributed by atoms with van der Waals surface area (Å²) in [6.45, 7) is 0. The van der Waals surface area contributed by atoms with Crippen LogP contribution in [0.5, 0.6) is 0 Å². The third-order valence-electron chi connectivity index (χ3n) is 2.82. The summed E-state index contributed by atoms with van der Waals surface area (Å²) >= 11 is 0. The van der Waals surface area contributed by atoms with Crippen molar-refractivity contribution in [1.29, 1.82) is 0 Å². The fraction of sp³-hybridized carbons (Fsp3) is 0.750. The van der Waals surface area contributed by atoms with Crippen LogP contribution in [0.15, 0.2) is 12.2 Å². The lowest BCUT2D eigenvalue weighted by Crippen LogP contribution is -2.28. The highest BCUT2D eigenvalue weighted by Gasteiger charge is 2.55. The normalized spacial score (nSPS) is 45.7. The molecule has 4 atom stereocenters. The van der Waals surface area contributed by atoms with E-state index < -0.39 is 24.1 Å². The molecule has 2 aliphatic rings. The third-order valence-corrected chi connectivity index (χ3v) is 2.82. The highest BCUT2D eigenvalue weighted by Crippen LogP contribution is 2.50. The fourth-order valence-electron chi connectivity index (χ4n) is 2.18. The van der Waals surface area contributed by atoms with Gasteiger partial charge in [0, 0.05) is 11.8 Å². The summed E-state index contributed by atoms with van der Waals surface area (Å²) in [4.78, 5) is 0. The van der Waals surface area contributed by atoms with Crippen molar-refractivity contribution in [3.05, 3.63) is 12.2 Å². The molecule has 0 radical (unpaired) electrons. The van der Waals surface area contributed by atoms with Gasteiger partial charge in [-0.1, -0.05) is 12.2 Å². The minimum Gasteiger partial charge on any atom is -0.392 e. The molecule has 0 heterocycles. The van der Waals surface area contributed by atoms with Gasteiger partial charge in [-0.25, -0.2) is 0 Å². The molecule has 0 aromatic carbocycles. The molecule has 12 heavy (non-hydrogen) atoms. The Bertz CT molecular complexity index is 221. The first-order valence-corrected chi connectivity index (χ1v) is 3.93. The molecule has 0 saturated heterocycles.